The zero-order valence-electron chi connectivity index (χ0n) is 8.42. The van der Waals surface area contributed by atoms with Gasteiger partial charge < -0.3 is 10.6 Å². The summed E-state index contributed by atoms with van der Waals surface area (Å²) in [5.41, 5.74) is 5.92. The molecule has 13 heavy (non-hydrogen) atoms. The second-order valence-electron chi connectivity index (χ2n) is 4.68. The van der Waals surface area contributed by atoms with E-state index >= 15 is 0 Å². The van der Waals surface area contributed by atoms with Crippen LogP contribution in [0.1, 0.15) is 32.6 Å². The summed E-state index contributed by atoms with van der Waals surface area (Å²) >= 11 is 0. The van der Waals surface area contributed by atoms with Gasteiger partial charge >= 0.3 is 0 Å². The van der Waals surface area contributed by atoms with E-state index in [4.69, 9.17) is 5.73 Å². The zero-order valence-corrected chi connectivity index (χ0v) is 8.42. The number of likely N-dealkylation sites (N-methyl/N-ethyl adjacent to an activating group) is 1. The molecule has 2 fully saturated rings. The Bertz CT molecular complexity index is 227. The van der Waals surface area contributed by atoms with E-state index in [0.717, 1.165) is 18.8 Å². The van der Waals surface area contributed by atoms with Crippen LogP contribution in [0.2, 0.25) is 0 Å². The average Bonchev–Trinajstić information content (AvgIpc) is 2.15. The molecule has 1 amide bonds. The van der Waals surface area contributed by atoms with Gasteiger partial charge in [-0.15, -0.1) is 0 Å². The monoisotopic (exact) mass is 182 g/mol. The summed E-state index contributed by atoms with van der Waals surface area (Å²) in [6.45, 7) is 2.25. The van der Waals surface area contributed by atoms with Crippen LogP contribution < -0.4 is 5.73 Å². The Hall–Kier alpha value is -0.570. The number of amides is 1. The van der Waals surface area contributed by atoms with Crippen LogP contribution in [0.4, 0.5) is 0 Å². The van der Waals surface area contributed by atoms with E-state index in [0.29, 0.717) is 0 Å². The fourth-order valence-corrected chi connectivity index (χ4v) is 2.95. The standard InChI is InChI=1S/C10H18N2O/c1-7-4-3-5-10(6-7)8(11)9(13)12(10)2/h7-8H,3-6,11H2,1-2H3/t7-,8+,10+/m1/s1. The molecule has 0 unspecified atom stereocenters. The van der Waals surface area contributed by atoms with Crippen molar-refractivity contribution in [3.05, 3.63) is 0 Å². The number of nitrogens with zero attached hydrogens (tertiary/aromatic N) is 1. The van der Waals surface area contributed by atoms with Crippen LogP contribution in [-0.4, -0.2) is 29.4 Å². The minimum Gasteiger partial charge on any atom is -0.337 e. The van der Waals surface area contributed by atoms with E-state index in [1.165, 1.54) is 12.8 Å². The number of nitrogens with two attached hydrogens (primary N) is 1. The molecule has 3 heteroatoms. The number of carbonyl (C=O) groups is 1. The molecule has 1 aliphatic carbocycles. The summed E-state index contributed by atoms with van der Waals surface area (Å²) in [6.07, 6.45) is 4.69. The highest BCUT2D eigenvalue weighted by atomic mass is 16.2. The lowest BCUT2D eigenvalue weighted by atomic mass is 9.66. The van der Waals surface area contributed by atoms with Gasteiger partial charge in [0.05, 0.1) is 5.54 Å². The van der Waals surface area contributed by atoms with Gasteiger partial charge in [-0.25, -0.2) is 0 Å². The number of carbonyl (C=O) groups excluding carboxylic acids is 1. The second kappa shape index (κ2) is 2.71. The zero-order chi connectivity index (χ0) is 9.64. The molecule has 0 aromatic carbocycles. The maximum absolute atomic E-state index is 11.3. The number of likely N-dealkylation sites (tertiary alicyclic amines) is 1. The van der Waals surface area contributed by atoms with Crippen molar-refractivity contribution in [3.63, 3.8) is 0 Å². The molecular weight excluding hydrogens is 164 g/mol. The first-order valence-electron chi connectivity index (χ1n) is 5.11. The Morgan fingerprint density at radius 1 is 1.62 bits per heavy atom. The lowest BCUT2D eigenvalue weighted by Crippen LogP contribution is -2.77. The van der Waals surface area contributed by atoms with Gasteiger partial charge in [0, 0.05) is 7.05 Å². The number of hydrogen-bond acceptors (Lipinski definition) is 2. The molecule has 3 atom stereocenters. The molecule has 2 aliphatic rings. The van der Waals surface area contributed by atoms with Crippen LogP contribution in [0, 0.1) is 5.92 Å². The number of β-lactam (4-membered cyclic amide) rings is 1. The number of rotatable bonds is 0. The fourth-order valence-electron chi connectivity index (χ4n) is 2.95. The molecule has 1 saturated carbocycles. The third kappa shape index (κ3) is 1.03. The highest BCUT2D eigenvalue weighted by Gasteiger charge is 2.57. The van der Waals surface area contributed by atoms with E-state index in [-0.39, 0.29) is 17.5 Å². The lowest BCUT2D eigenvalue weighted by Gasteiger charge is -2.58. The van der Waals surface area contributed by atoms with Crippen molar-refractivity contribution in [2.45, 2.75) is 44.2 Å². The summed E-state index contributed by atoms with van der Waals surface area (Å²) in [4.78, 5) is 13.2. The van der Waals surface area contributed by atoms with E-state index in [1.54, 1.807) is 0 Å². The minimum atomic E-state index is -0.222. The van der Waals surface area contributed by atoms with Gasteiger partial charge in [-0.05, 0) is 18.8 Å². The Morgan fingerprint density at radius 3 is 2.85 bits per heavy atom. The van der Waals surface area contributed by atoms with Crippen LogP contribution in [0.15, 0.2) is 0 Å². The normalized spacial score (nSPS) is 45.2. The smallest absolute Gasteiger partial charge is 0.242 e. The molecule has 3 nitrogen and oxygen atoms in total. The van der Waals surface area contributed by atoms with Crippen molar-refractivity contribution in [1.82, 2.24) is 4.90 Å². The van der Waals surface area contributed by atoms with Crippen LogP contribution in [0.5, 0.6) is 0 Å². The van der Waals surface area contributed by atoms with Crippen LogP contribution in [0.3, 0.4) is 0 Å². The van der Waals surface area contributed by atoms with Gasteiger partial charge in [0.15, 0.2) is 0 Å². The van der Waals surface area contributed by atoms with Crippen molar-refractivity contribution in [3.8, 4) is 0 Å². The summed E-state index contributed by atoms with van der Waals surface area (Å²) in [6, 6.07) is -0.222. The van der Waals surface area contributed by atoms with E-state index in [1.807, 2.05) is 11.9 Å². The first kappa shape index (κ1) is 9.00. The largest absolute Gasteiger partial charge is 0.337 e. The Morgan fingerprint density at radius 2 is 2.31 bits per heavy atom. The summed E-state index contributed by atoms with van der Waals surface area (Å²) in [7, 11) is 1.89. The molecule has 1 heterocycles. The molecule has 0 aromatic rings. The molecule has 2 N–H and O–H groups in total. The summed E-state index contributed by atoms with van der Waals surface area (Å²) < 4.78 is 0. The van der Waals surface area contributed by atoms with Gasteiger partial charge in [-0.3, -0.25) is 4.79 Å². The van der Waals surface area contributed by atoms with Crippen molar-refractivity contribution in [2.75, 3.05) is 7.05 Å². The van der Waals surface area contributed by atoms with Crippen molar-refractivity contribution < 1.29 is 4.79 Å². The number of hydrogen-bond donors (Lipinski definition) is 1. The first-order valence-corrected chi connectivity index (χ1v) is 5.11. The SMILES string of the molecule is C[C@@H]1CCC[C@]2(C1)[C@@H](N)C(=O)N2C. The van der Waals surface area contributed by atoms with Crippen molar-refractivity contribution >= 4 is 5.91 Å². The Kier molecular flexibility index (Phi) is 1.88. The molecule has 1 spiro atoms. The van der Waals surface area contributed by atoms with E-state index in [9.17, 15) is 4.79 Å². The lowest BCUT2D eigenvalue weighted by molar-refractivity contribution is -0.162. The van der Waals surface area contributed by atoms with Gasteiger partial charge in [0.25, 0.3) is 0 Å². The molecule has 0 bridgehead atoms. The molecular formula is C10H18N2O. The minimum absolute atomic E-state index is 0.0226. The maximum atomic E-state index is 11.3. The predicted octanol–water partition coefficient (Wildman–Crippen LogP) is 0.735. The van der Waals surface area contributed by atoms with Gasteiger partial charge in [-0.1, -0.05) is 19.8 Å². The van der Waals surface area contributed by atoms with Gasteiger partial charge in [0.2, 0.25) is 5.91 Å². The second-order valence-corrected chi connectivity index (χ2v) is 4.68. The van der Waals surface area contributed by atoms with Gasteiger partial charge in [0.1, 0.15) is 6.04 Å². The first-order chi connectivity index (χ1) is 6.08. The van der Waals surface area contributed by atoms with Crippen LogP contribution in [0.25, 0.3) is 0 Å². The molecule has 74 valence electrons. The third-order valence-electron chi connectivity index (χ3n) is 3.85. The fraction of sp³-hybridized carbons (Fsp3) is 0.900. The molecule has 0 aromatic heterocycles. The van der Waals surface area contributed by atoms with Crippen molar-refractivity contribution in [2.24, 2.45) is 11.7 Å². The Labute approximate surface area is 79.3 Å². The Balaban J connectivity index is 2.16. The molecule has 0 radical (unpaired) electrons. The van der Waals surface area contributed by atoms with E-state index < -0.39 is 0 Å². The maximum Gasteiger partial charge on any atom is 0.242 e. The average molecular weight is 182 g/mol. The topological polar surface area (TPSA) is 46.3 Å². The summed E-state index contributed by atoms with van der Waals surface area (Å²) in [5, 5.41) is 0. The van der Waals surface area contributed by atoms with E-state index in [2.05, 4.69) is 6.92 Å². The molecule has 1 saturated heterocycles. The predicted molar refractivity (Wildman–Crippen MR) is 51.1 cm³/mol. The third-order valence-corrected chi connectivity index (χ3v) is 3.85. The molecule has 1 aliphatic heterocycles. The summed E-state index contributed by atoms with van der Waals surface area (Å²) in [5.74, 6) is 0.837. The van der Waals surface area contributed by atoms with Crippen LogP contribution >= 0.6 is 0 Å². The molecule has 2 rings (SSSR count). The highest BCUT2D eigenvalue weighted by molar-refractivity contribution is 5.90. The van der Waals surface area contributed by atoms with Crippen LogP contribution in [-0.2, 0) is 4.79 Å². The highest BCUT2D eigenvalue weighted by Crippen LogP contribution is 2.43. The quantitative estimate of drug-likeness (QED) is 0.561. The van der Waals surface area contributed by atoms with Crippen molar-refractivity contribution in [1.29, 1.82) is 0 Å². The van der Waals surface area contributed by atoms with Gasteiger partial charge in [-0.2, -0.15) is 0 Å².